The van der Waals surface area contributed by atoms with Gasteiger partial charge in [-0.1, -0.05) is 37.6 Å². The van der Waals surface area contributed by atoms with Gasteiger partial charge < -0.3 is 9.40 Å². The number of fused-ring (bicyclic) bond motifs is 3. The number of hydrogen-bond acceptors (Lipinski definition) is 4. The van der Waals surface area contributed by atoms with E-state index in [1.807, 2.05) is 38.1 Å². The molecule has 0 bridgehead atoms. The van der Waals surface area contributed by atoms with Gasteiger partial charge in [0.05, 0.1) is 5.52 Å². The third-order valence-corrected chi connectivity index (χ3v) is 4.85. The number of nitrogens with one attached hydrogen (secondary N) is 1. The molecule has 2 aromatic carbocycles. The number of aromatic nitrogens is 1. The van der Waals surface area contributed by atoms with Crippen LogP contribution in [-0.4, -0.2) is 4.98 Å². The Morgan fingerprint density at radius 1 is 1.15 bits per heavy atom. The van der Waals surface area contributed by atoms with Crippen LogP contribution >= 0.6 is 23.5 Å². The van der Waals surface area contributed by atoms with Crippen LogP contribution in [0, 0.1) is 6.92 Å². The molecule has 6 heteroatoms. The van der Waals surface area contributed by atoms with E-state index in [2.05, 4.69) is 4.98 Å². The van der Waals surface area contributed by atoms with Crippen molar-refractivity contribution >= 4 is 45.6 Å². The molecule has 0 atom stereocenters. The Morgan fingerprint density at radius 2 is 1.92 bits per heavy atom. The van der Waals surface area contributed by atoms with E-state index in [4.69, 9.17) is 21.2 Å². The van der Waals surface area contributed by atoms with Crippen LogP contribution in [0.2, 0.25) is 5.02 Å². The summed E-state index contributed by atoms with van der Waals surface area (Å²) < 4.78 is 6.04. The molecule has 0 aliphatic carbocycles. The second kappa shape index (κ2) is 7.58. The first kappa shape index (κ1) is 18.6. The van der Waals surface area contributed by atoms with Crippen molar-refractivity contribution in [3.63, 3.8) is 0 Å². The minimum Gasteiger partial charge on any atom is -0.454 e. The first-order valence-corrected chi connectivity index (χ1v) is 9.56. The predicted molar refractivity (Wildman–Crippen MR) is 111 cm³/mol. The highest BCUT2D eigenvalue weighted by Gasteiger charge is 2.18. The number of nitrogens with two attached hydrogens (primary N) is 1. The zero-order valence-electron chi connectivity index (χ0n) is 14.7. The second-order valence-electron chi connectivity index (χ2n) is 5.55. The Labute approximate surface area is 160 Å². The number of pyridine rings is 1. The lowest BCUT2D eigenvalue weighted by atomic mass is 10.0. The Hall–Kier alpha value is -2.21. The third kappa shape index (κ3) is 3.14. The molecule has 0 saturated carbocycles. The van der Waals surface area contributed by atoms with E-state index < -0.39 is 0 Å². The number of benzene rings is 2. The Kier molecular flexibility index (Phi) is 5.41. The van der Waals surface area contributed by atoms with Crippen molar-refractivity contribution in [2.45, 2.75) is 25.7 Å². The number of rotatable bonds is 2. The van der Waals surface area contributed by atoms with Crippen molar-refractivity contribution in [2.75, 3.05) is 0 Å². The van der Waals surface area contributed by atoms with Gasteiger partial charge in [0, 0.05) is 26.4 Å². The second-order valence-corrected chi connectivity index (χ2v) is 6.69. The minimum atomic E-state index is -0.147. The van der Waals surface area contributed by atoms with E-state index in [1.165, 1.54) is 11.9 Å². The van der Waals surface area contributed by atoms with Gasteiger partial charge in [0.2, 0.25) is 0 Å². The van der Waals surface area contributed by atoms with Crippen LogP contribution in [0.3, 0.4) is 0 Å². The summed E-state index contributed by atoms with van der Waals surface area (Å²) in [7, 11) is 0. The molecule has 0 aliphatic rings. The third-order valence-electron chi connectivity index (χ3n) is 4.09. The van der Waals surface area contributed by atoms with Gasteiger partial charge in [0.1, 0.15) is 5.58 Å². The standard InChI is InChI=1S/C18H13ClN2O2S.C2H6/c1-9-15(10-3-2-4-12(7-10)24-20)17-16(21-18(9)22)13-8-11(19)5-6-14(13)23-17;1-2/h2-8H,20H2,1H3,(H,21,22);1-2H3. The maximum atomic E-state index is 12.4. The lowest BCUT2D eigenvalue weighted by Gasteiger charge is -2.07. The van der Waals surface area contributed by atoms with Crippen LogP contribution in [0.25, 0.3) is 33.2 Å². The molecule has 26 heavy (non-hydrogen) atoms. The zero-order valence-corrected chi connectivity index (χ0v) is 16.3. The lowest BCUT2D eigenvalue weighted by molar-refractivity contribution is 0.668. The molecule has 0 fully saturated rings. The molecule has 0 spiro atoms. The Balaban J connectivity index is 0.000000948. The van der Waals surface area contributed by atoms with Crippen LogP contribution < -0.4 is 10.7 Å². The summed E-state index contributed by atoms with van der Waals surface area (Å²) in [6.07, 6.45) is 0. The van der Waals surface area contributed by atoms with Gasteiger partial charge in [-0.15, -0.1) is 0 Å². The van der Waals surface area contributed by atoms with Gasteiger partial charge >= 0.3 is 0 Å². The van der Waals surface area contributed by atoms with Crippen LogP contribution in [-0.2, 0) is 0 Å². The molecule has 3 N–H and O–H groups in total. The van der Waals surface area contributed by atoms with Crippen LogP contribution in [0.1, 0.15) is 19.4 Å². The highest BCUT2D eigenvalue weighted by atomic mass is 35.5. The van der Waals surface area contributed by atoms with Crippen molar-refractivity contribution in [1.29, 1.82) is 0 Å². The first-order valence-electron chi connectivity index (χ1n) is 8.30. The molecule has 2 aromatic heterocycles. The minimum absolute atomic E-state index is 0.147. The fraction of sp³-hybridized carbons (Fsp3) is 0.150. The lowest BCUT2D eigenvalue weighted by Crippen LogP contribution is -2.10. The quantitative estimate of drug-likeness (QED) is 0.421. The highest BCUT2D eigenvalue weighted by molar-refractivity contribution is 7.97. The van der Waals surface area contributed by atoms with E-state index in [-0.39, 0.29) is 5.56 Å². The van der Waals surface area contributed by atoms with Crippen LogP contribution in [0.5, 0.6) is 0 Å². The number of halogens is 1. The summed E-state index contributed by atoms with van der Waals surface area (Å²) in [6.45, 7) is 5.79. The van der Waals surface area contributed by atoms with Crippen molar-refractivity contribution in [3.8, 4) is 11.1 Å². The topological polar surface area (TPSA) is 72.0 Å². The summed E-state index contributed by atoms with van der Waals surface area (Å²) in [5.74, 6) is 0. The van der Waals surface area contributed by atoms with Gasteiger partial charge in [-0.2, -0.15) is 0 Å². The maximum absolute atomic E-state index is 12.4. The molecule has 0 saturated heterocycles. The van der Waals surface area contributed by atoms with E-state index in [1.54, 1.807) is 25.1 Å². The van der Waals surface area contributed by atoms with Gasteiger partial charge in [-0.05, 0) is 54.8 Å². The number of hydrogen-bond donors (Lipinski definition) is 2. The van der Waals surface area contributed by atoms with Crippen LogP contribution in [0.4, 0.5) is 0 Å². The van der Waals surface area contributed by atoms with Crippen LogP contribution in [0.15, 0.2) is 56.6 Å². The molecule has 2 heterocycles. The monoisotopic (exact) mass is 386 g/mol. The first-order chi connectivity index (χ1) is 12.6. The van der Waals surface area contributed by atoms with E-state index >= 15 is 0 Å². The maximum Gasteiger partial charge on any atom is 0.252 e. The molecular formula is C20H19ClN2O2S. The zero-order chi connectivity index (χ0) is 18.8. The van der Waals surface area contributed by atoms with Crippen molar-refractivity contribution in [3.05, 3.63) is 63.4 Å². The summed E-state index contributed by atoms with van der Waals surface area (Å²) in [5, 5.41) is 7.05. The van der Waals surface area contributed by atoms with E-state index in [0.29, 0.717) is 27.3 Å². The SMILES string of the molecule is CC.Cc1c(-c2cccc(SN)c2)c2oc3ccc(Cl)cc3c2[nH]c1=O. The summed E-state index contributed by atoms with van der Waals surface area (Å²) in [4.78, 5) is 16.3. The largest absolute Gasteiger partial charge is 0.454 e. The molecule has 134 valence electrons. The van der Waals surface area contributed by atoms with Gasteiger partial charge in [-0.25, -0.2) is 0 Å². The van der Waals surface area contributed by atoms with E-state index in [9.17, 15) is 4.79 Å². The van der Waals surface area contributed by atoms with Gasteiger partial charge in [0.15, 0.2) is 5.58 Å². The molecule has 4 nitrogen and oxygen atoms in total. The van der Waals surface area contributed by atoms with Crippen molar-refractivity contribution in [1.82, 2.24) is 4.98 Å². The smallest absolute Gasteiger partial charge is 0.252 e. The average molecular weight is 387 g/mol. The molecule has 4 rings (SSSR count). The number of H-pyrrole nitrogens is 1. The molecule has 0 amide bonds. The Morgan fingerprint density at radius 3 is 2.65 bits per heavy atom. The molecular weight excluding hydrogens is 368 g/mol. The molecule has 0 unspecified atom stereocenters. The van der Waals surface area contributed by atoms with Gasteiger partial charge in [-0.3, -0.25) is 9.93 Å². The summed E-state index contributed by atoms with van der Waals surface area (Å²) >= 11 is 7.26. The number of aromatic amines is 1. The van der Waals surface area contributed by atoms with Crippen molar-refractivity contribution < 1.29 is 4.42 Å². The Bertz CT molecular complexity index is 1150. The number of furan rings is 1. The fourth-order valence-corrected chi connectivity index (χ4v) is 3.46. The highest BCUT2D eigenvalue weighted by Crippen LogP contribution is 2.36. The average Bonchev–Trinajstić information content (AvgIpc) is 3.01. The van der Waals surface area contributed by atoms with Gasteiger partial charge in [0.25, 0.3) is 5.56 Å². The van der Waals surface area contributed by atoms with E-state index in [0.717, 1.165) is 21.4 Å². The fourth-order valence-electron chi connectivity index (χ4n) is 2.93. The predicted octanol–water partition coefficient (Wildman–Crippen LogP) is 5.90. The molecule has 0 aliphatic heterocycles. The summed E-state index contributed by atoms with van der Waals surface area (Å²) in [6, 6.07) is 13.1. The summed E-state index contributed by atoms with van der Waals surface area (Å²) in [5.41, 5.74) is 4.10. The normalized spacial score (nSPS) is 10.8. The molecule has 0 radical (unpaired) electrons. The molecule has 4 aromatic rings. The van der Waals surface area contributed by atoms with Crippen molar-refractivity contribution in [2.24, 2.45) is 5.14 Å².